The average molecular weight is 524 g/mol. The molecule has 2 aromatic rings. The highest BCUT2D eigenvalue weighted by Gasteiger charge is 2.17. The molecular weight excluding hydrogens is 489 g/mol. The number of rotatable bonds is 8. The van der Waals surface area contributed by atoms with Crippen molar-refractivity contribution in [3.8, 4) is 11.1 Å². The van der Waals surface area contributed by atoms with Crippen molar-refractivity contribution in [1.82, 2.24) is 10.2 Å². The molecule has 1 aliphatic carbocycles. The molecule has 0 unspecified atom stereocenters. The van der Waals surface area contributed by atoms with Gasteiger partial charge in [-0.05, 0) is 92.1 Å². The first kappa shape index (κ1) is 26.5. The largest absolute Gasteiger partial charge is 0.397 e. The quantitative estimate of drug-likeness (QED) is 0.432. The summed E-state index contributed by atoms with van der Waals surface area (Å²) in [5.41, 5.74) is 13.0. The third kappa shape index (κ3) is 6.15. The number of carbonyl (C=O) groups is 1. The molecule has 0 aromatic heterocycles. The molecule has 0 radical (unpaired) electrons. The lowest BCUT2D eigenvalue weighted by Gasteiger charge is -2.17. The second-order valence-corrected chi connectivity index (χ2v) is 10.2. The Balaban J connectivity index is 1.51. The molecule has 2 aromatic carbocycles. The predicted octanol–water partition coefficient (Wildman–Crippen LogP) is 5.76. The summed E-state index contributed by atoms with van der Waals surface area (Å²) < 4.78 is 15.8. The predicted molar refractivity (Wildman–Crippen MR) is 158 cm³/mol. The number of allylic oxidation sites excluding steroid dienone is 4. The molecule has 2 aliphatic heterocycles. The molecule has 2 fully saturated rings. The van der Waals surface area contributed by atoms with Crippen LogP contribution in [0.3, 0.4) is 0 Å². The molecule has 3 N–H and O–H groups in total. The first-order chi connectivity index (χ1) is 19.0. The summed E-state index contributed by atoms with van der Waals surface area (Å²) in [6.45, 7) is 4.95. The van der Waals surface area contributed by atoms with Gasteiger partial charge in [-0.3, -0.25) is 14.7 Å². The topological polar surface area (TPSA) is 83.1 Å². The molecule has 0 bridgehead atoms. The molecule has 7 heteroatoms. The molecule has 0 spiro atoms. The number of amides is 1. The Hall–Kier alpha value is -4.10. The lowest BCUT2D eigenvalue weighted by atomic mass is 9.90. The van der Waals surface area contributed by atoms with E-state index in [1.807, 2.05) is 49.6 Å². The van der Waals surface area contributed by atoms with E-state index in [1.54, 1.807) is 18.3 Å². The summed E-state index contributed by atoms with van der Waals surface area (Å²) in [7, 11) is 0. The number of nitrogens with zero attached hydrogens (tertiary/aromatic N) is 3. The Bertz CT molecular complexity index is 1430. The van der Waals surface area contributed by atoms with Crippen LogP contribution in [-0.2, 0) is 4.79 Å². The van der Waals surface area contributed by atoms with Crippen molar-refractivity contribution >= 4 is 29.6 Å². The van der Waals surface area contributed by atoms with E-state index in [0.29, 0.717) is 29.1 Å². The maximum Gasteiger partial charge on any atom is 0.212 e. The van der Waals surface area contributed by atoms with E-state index in [1.165, 1.54) is 12.8 Å². The van der Waals surface area contributed by atoms with Crippen LogP contribution in [-0.4, -0.2) is 42.9 Å². The molecule has 6 nitrogen and oxygen atoms in total. The molecule has 1 amide bonds. The van der Waals surface area contributed by atoms with Crippen molar-refractivity contribution in [3.63, 3.8) is 0 Å². The zero-order valence-corrected chi connectivity index (χ0v) is 22.3. The van der Waals surface area contributed by atoms with Gasteiger partial charge in [0.25, 0.3) is 0 Å². The minimum atomic E-state index is -0.372. The van der Waals surface area contributed by atoms with Crippen LogP contribution in [0.4, 0.5) is 4.39 Å². The van der Waals surface area contributed by atoms with Gasteiger partial charge in [0.2, 0.25) is 6.41 Å². The maximum atomic E-state index is 15.8. The molecule has 0 atom stereocenters. The Morgan fingerprint density at radius 1 is 1.08 bits per heavy atom. The van der Waals surface area contributed by atoms with E-state index >= 15 is 4.39 Å². The summed E-state index contributed by atoms with van der Waals surface area (Å²) in [6.07, 6.45) is 15.5. The lowest BCUT2D eigenvalue weighted by molar-refractivity contribution is -0.108. The standard InChI is InChI=1S/C32H34FN5O/c1-22-26(24-14-13-23(20-38-15-2-3-16-38)18-36-31(17-24)37-21-39)9-5-10-27(22)28-11-6-12-29(32(28)33)30(34)19-35-25-7-4-8-25/h5-6,9-14,17-19,21H,2-4,7-8,15-16,20,34H2,1H3,(H,36,37,39)/b30-19-. The Morgan fingerprint density at radius 2 is 1.82 bits per heavy atom. The van der Waals surface area contributed by atoms with Gasteiger partial charge in [-0.2, -0.15) is 0 Å². The fourth-order valence-corrected chi connectivity index (χ4v) is 5.12. The number of nitrogens with one attached hydrogen (secondary N) is 1. The van der Waals surface area contributed by atoms with Crippen LogP contribution in [0.5, 0.6) is 0 Å². The molecule has 1 saturated carbocycles. The molecule has 1 saturated heterocycles. The first-order valence-electron chi connectivity index (χ1n) is 13.5. The lowest BCUT2D eigenvalue weighted by Crippen LogP contribution is -2.22. The fraction of sp³-hybridized carbons (Fsp3) is 0.281. The van der Waals surface area contributed by atoms with E-state index in [9.17, 15) is 4.79 Å². The van der Waals surface area contributed by atoms with E-state index in [0.717, 1.165) is 72.4 Å². The van der Waals surface area contributed by atoms with Crippen LogP contribution < -0.4 is 11.1 Å². The van der Waals surface area contributed by atoms with Gasteiger partial charge >= 0.3 is 0 Å². The van der Waals surface area contributed by atoms with Crippen LogP contribution in [0.15, 0.2) is 82.2 Å². The normalized spacial score (nSPS) is 17.9. The van der Waals surface area contributed by atoms with Gasteiger partial charge in [0.05, 0.1) is 11.9 Å². The van der Waals surface area contributed by atoms with Gasteiger partial charge in [0.1, 0.15) is 11.6 Å². The highest BCUT2D eigenvalue weighted by Crippen LogP contribution is 2.34. The summed E-state index contributed by atoms with van der Waals surface area (Å²) >= 11 is 0. The highest BCUT2D eigenvalue weighted by atomic mass is 19.1. The molecule has 39 heavy (non-hydrogen) atoms. The zero-order valence-electron chi connectivity index (χ0n) is 22.3. The second kappa shape index (κ2) is 12.2. The van der Waals surface area contributed by atoms with Crippen molar-refractivity contribution in [1.29, 1.82) is 0 Å². The minimum Gasteiger partial charge on any atom is -0.397 e. The highest BCUT2D eigenvalue weighted by molar-refractivity contribution is 5.90. The molecule has 3 aliphatic rings. The van der Waals surface area contributed by atoms with Crippen molar-refractivity contribution in [2.45, 2.75) is 39.0 Å². The maximum absolute atomic E-state index is 15.8. The molecular formula is C32H34FN5O. The van der Waals surface area contributed by atoms with Gasteiger partial charge in [0, 0.05) is 29.6 Å². The smallest absolute Gasteiger partial charge is 0.212 e. The third-order valence-corrected chi connectivity index (χ3v) is 7.51. The summed E-state index contributed by atoms with van der Waals surface area (Å²) in [5.74, 6) is 0.0791. The van der Waals surface area contributed by atoms with Crippen LogP contribution in [0.1, 0.15) is 48.8 Å². The number of likely N-dealkylation sites (tertiary alicyclic amines) is 1. The van der Waals surface area contributed by atoms with Gasteiger partial charge < -0.3 is 11.1 Å². The van der Waals surface area contributed by atoms with E-state index in [-0.39, 0.29) is 5.82 Å². The van der Waals surface area contributed by atoms with Gasteiger partial charge in [-0.15, -0.1) is 0 Å². The number of hydrogen-bond donors (Lipinski definition) is 2. The van der Waals surface area contributed by atoms with Crippen molar-refractivity contribution in [2.24, 2.45) is 15.7 Å². The number of hydrogen-bond acceptors (Lipinski definition) is 5. The summed E-state index contributed by atoms with van der Waals surface area (Å²) in [6, 6.07) is 11.1. The monoisotopic (exact) mass is 523 g/mol. The van der Waals surface area contributed by atoms with Gasteiger partial charge in [-0.1, -0.05) is 42.5 Å². The summed E-state index contributed by atoms with van der Waals surface area (Å²) in [5, 5.41) is 2.70. The van der Waals surface area contributed by atoms with E-state index < -0.39 is 0 Å². The van der Waals surface area contributed by atoms with Crippen LogP contribution in [0, 0.1) is 12.7 Å². The first-order valence-corrected chi connectivity index (χ1v) is 13.5. The molecule has 2 heterocycles. The van der Waals surface area contributed by atoms with E-state index in [2.05, 4.69) is 26.3 Å². The van der Waals surface area contributed by atoms with Crippen molar-refractivity contribution in [2.75, 3.05) is 19.6 Å². The average Bonchev–Trinajstić information content (AvgIpc) is 3.41. The van der Waals surface area contributed by atoms with Crippen LogP contribution in [0.2, 0.25) is 0 Å². The second-order valence-electron chi connectivity index (χ2n) is 10.2. The van der Waals surface area contributed by atoms with E-state index in [4.69, 9.17) is 5.73 Å². The zero-order chi connectivity index (χ0) is 27.2. The van der Waals surface area contributed by atoms with Gasteiger partial charge in [0.15, 0.2) is 0 Å². The fourth-order valence-electron chi connectivity index (χ4n) is 5.12. The van der Waals surface area contributed by atoms with Crippen LogP contribution in [0.25, 0.3) is 22.4 Å². The number of carbonyl (C=O) groups excluding carboxylic acids is 1. The minimum absolute atomic E-state index is 0.311. The number of benzene rings is 2. The SMILES string of the molecule is Cc1c(C2=CC=C(CN3CCCC3)C=NC(NC=O)=C2)cccc1-c1cccc(/C(N)=C/N=C2CCC2)c1F. The number of nitrogens with two attached hydrogens (primary N) is 1. The van der Waals surface area contributed by atoms with Crippen molar-refractivity contribution < 1.29 is 9.18 Å². The Kier molecular flexibility index (Phi) is 8.27. The van der Waals surface area contributed by atoms with Gasteiger partial charge in [-0.25, -0.2) is 9.38 Å². The summed E-state index contributed by atoms with van der Waals surface area (Å²) in [4.78, 5) is 22.6. The molecule has 5 rings (SSSR count). The molecule has 200 valence electrons. The van der Waals surface area contributed by atoms with Crippen molar-refractivity contribution in [3.05, 3.63) is 94.7 Å². The third-order valence-electron chi connectivity index (χ3n) is 7.51. The Morgan fingerprint density at radius 3 is 2.56 bits per heavy atom. The Labute approximate surface area is 229 Å². The number of halogens is 1. The number of aliphatic imine (C=N–C) groups is 2. The van der Waals surface area contributed by atoms with Crippen LogP contribution >= 0.6 is 0 Å².